The number of likely N-dealkylation sites (tertiary alicyclic amines) is 1. The molecule has 8 heteroatoms. The van der Waals surface area contributed by atoms with Crippen molar-refractivity contribution in [2.45, 2.75) is 51.6 Å². The van der Waals surface area contributed by atoms with Gasteiger partial charge in [0.2, 0.25) is 0 Å². The van der Waals surface area contributed by atoms with E-state index in [0.717, 1.165) is 25.9 Å². The van der Waals surface area contributed by atoms with Crippen molar-refractivity contribution in [3.05, 3.63) is 59.7 Å². The zero-order valence-corrected chi connectivity index (χ0v) is 18.9. The van der Waals surface area contributed by atoms with Crippen molar-refractivity contribution in [1.29, 1.82) is 0 Å². The highest BCUT2D eigenvalue weighted by atomic mass is 19.3. The second-order valence-electron chi connectivity index (χ2n) is 7.95. The zero-order valence-electron chi connectivity index (χ0n) is 18.9. The molecule has 2 N–H and O–H groups in total. The molecule has 174 valence electrons. The van der Waals surface area contributed by atoms with Crippen molar-refractivity contribution in [2.24, 2.45) is 4.99 Å². The molecule has 0 saturated carbocycles. The highest BCUT2D eigenvalue weighted by molar-refractivity contribution is 5.80. The Morgan fingerprint density at radius 3 is 2.66 bits per heavy atom. The third kappa shape index (κ3) is 6.82. The van der Waals surface area contributed by atoms with E-state index in [1.165, 1.54) is 18.7 Å². The van der Waals surface area contributed by atoms with Gasteiger partial charge < -0.3 is 20.1 Å². The van der Waals surface area contributed by atoms with Crippen LogP contribution in [0.25, 0.3) is 0 Å². The predicted octanol–water partition coefficient (Wildman–Crippen LogP) is 4.01. The van der Waals surface area contributed by atoms with Crippen LogP contribution in [0.5, 0.6) is 11.5 Å². The van der Waals surface area contributed by atoms with Crippen LogP contribution in [0.15, 0.2) is 53.5 Å². The molecule has 0 spiro atoms. The average Bonchev–Trinajstić information content (AvgIpc) is 2.79. The van der Waals surface area contributed by atoms with Crippen LogP contribution in [0.3, 0.4) is 0 Å². The molecular formula is C24H32F2N4O2. The summed E-state index contributed by atoms with van der Waals surface area (Å²) in [5.41, 5.74) is 1.92. The second kappa shape index (κ2) is 11.7. The molecule has 0 bridgehead atoms. The van der Waals surface area contributed by atoms with E-state index in [1.807, 2.05) is 6.07 Å². The Hall–Kier alpha value is -2.87. The Kier molecular flexibility index (Phi) is 8.67. The molecule has 0 aliphatic carbocycles. The molecule has 1 saturated heterocycles. The number of rotatable bonds is 8. The van der Waals surface area contributed by atoms with Gasteiger partial charge in [0.05, 0.1) is 7.11 Å². The standard InChI is InChI=1S/C24H32F2N4O2/c1-17-13-20(11-12-30(17)16-18-7-5-4-6-8-18)29-24(27-2)28-15-19-9-10-21(31-3)14-22(19)32-23(25)26/h4-10,14,17,20,23H,11-13,15-16H2,1-3H3,(H2,27,28,29). The monoisotopic (exact) mass is 446 g/mol. The van der Waals surface area contributed by atoms with Crippen molar-refractivity contribution >= 4 is 5.96 Å². The first kappa shape index (κ1) is 23.8. The maximum atomic E-state index is 12.8. The summed E-state index contributed by atoms with van der Waals surface area (Å²) in [5.74, 6) is 1.19. The lowest BCUT2D eigenvalue weighted by atomic mass is 9.97. The van der Waals surface area contributed by atoms with Crippen LogP contribution >= 0.6 is 0 Å². The number of nitrogens with one attached hydrogen (secondary N) is 2. The summed E-state index contributed by atoms with van der Waals surface area (Å²) in [5, 5.41) is 6.68. The van der Waals surface area contributed by atoms with Gasteiger partial charge in [-0.05, 0) is 37.5 Å². The fourth-order valence-corrected chi connectivity index (χ4v) is 3.99. The fraction of sp³-hybridized carbons (Fsp3) is 0.458. The van der Waals surface area contributed by atoms with E-state index in [4.69, 9.17) is 4.74 Å². The van der Waals surface area contributed by atoms with Gasteiger partial charge in [-0.2, -0.15) is 8.78 Å². The van der Waals surface area contributed by atoms with E-state index < -0.39 is 6.61 Å². The van der Waals surface area contributed by atoms with Crippen molar-refractivity contribution < 1.29 is 18.3 Å². The minimum atomic E-state index is -2.90. The number of aliphatic imine (C=N–C) groups is 1. The third-order valence-electron chi connectivity index (χ3n) is 5.74. The van der Waals surface area contributed by atoms with Gasteiger partial charge in [0.1, 0.15) is 11.5 Å². The summed E-state index contributed by atoms with van der Waals surface area (Å²) < 4.78 is 35.4. The van der Waals surface area contributed by atoms with Gasteiger partial charge >= 0.3 is 6.61 Å². The zero-order chi connectivity index (χ0) is 22.9. The number of halogens is 2. The first-order valence-corrected chi connectivity index (χ1v) is 10.9. The molecule has 1 aliphatic heterocycles. The van der Waals surface area contributed by atoms with Crippen LogP contribution in [0.2, 0.25) is 0 Å². The number of methoxy groups -OCH3 is 1. The summed E-state index contributed by atoms with van der Waals surface area (Å²) in [7, 11) is 3.19. The van der Waals surface area contributed by atoms with Crippen LogP contribution in [-0.2, 0) is 13.1 Å². The molecule has 0 radical (unpaired) electrons. The number of hydrogen-bond donors (Lipinski definition) is 2. The summed E-state index contributed by atoms with van der Waals surface area (Å²) in [4.78, 5) is 6.80. The van der Waals surface area contributed by atoms with Gasteiger partial charge in [0.25, 0.3) is 0 Å². The fourth-order valence-electron chi connectivity index (χ4n) is 3.99. The molecule has 1 aliphatic rings. The minimum absolute atomic E-state index is 0.0881. The molecule has 2 unspecified atom stereocenters. The molecule has 2 aromatic rings. The predicted molar refractivity (Wildman–Crippen MR) is 122 cm³/mol. The lowest BCUT2D eigenvalue weighted by Crippen LogP contribution is -2.51. The van der Waals surface area contributed by atoms with E-state index in [9.17, 15) is 8.78 Å². The maximum absolute atomic E-state index is 12.8. The number of guanidine groups is 1. The quantitative estimate of drug-likeness (QED) is 0.474. The first-order chi connectivity index (χ1) is 15.5. The highest BCUT2D eigenvalue weighted by Crippen LogP contribution is 2.26. The number of hydrogen-bond acceptors (Lipinski definition) is 4. The summed E-state index contributed by atoms with van der Waals surface area (Å²) in [6.45, 7) is 1.59. The normalized spacial score (nSPS) is 19.6. The summed E-state index contributed by atoms with van der Waals surface area (Å²) in [6, 6.07) is 16.1. The molecule has 6 nitrogen and oxygen atoms in total. The highest BCUT2D eigenvalue weighted by Gasteiger charge is 2.26. The van der Waals surface area contributed by atoms with E-state index in [1.54, 1.807) is 19.2 Å². The first-order valence-electron chi connectivity index (χ1n) is 10.9. The molecule has 2 aromatic carbocycles. The largest absolute Gasteiger partial charge is 0.497 e. The lowest BCUT2D eigenvalue weighted by molar-refractivity contribution is -0.0505. The van der Waals surface area contributed by atoms with E-state index >= 15 is 0 Å². The summed E-state index contributed by atoms with van der Waals surface area (Å²) in [6.07, 6.45) is 2.00. The van der Waals surface area contributed by atoms with Gasteiger partial charge in [0.15, 0.2) is 5.96 Å². The Morgan fingerprint density at radius 2 is 2.00 bits per heavy atom. The molecule has 0 amide bonds. The number of nitrogens with zero attached hydrogens (tertiary/aromatic N) is 2. The van der Waals surface area contributed by atoms with Gasteiger partial charge in [-0.15, -0.1) is 0 Å². The number of ether oxygens (including phenoxy) is 2. The van der Waals surface area contributed by atoms with Crippen LogP contribution in [-0.4, -0.2) is 50.3 Å². The minimum Gasteiger partial charge on any atom is -0.497 e. The van der Waals surface area contributed by atoms with Crippen LogP contribution in [0, 0.1) is 0 Å². The topological polar surface area (TPSA) is 58.1 Å². The van der Waals surface area contributed by atoms with Crippen molar-refractivity contribution in [2.75, 3.05) is 20.7 Å². The molecule has 0 aromatic heterocycles. The Balaban J connectivity index is 1.53. The lowest BCUT2D eigenvalue weighted by Gasteiger charge is -2.38. The van der Waals surface area contributed by atoms with Gasteiger partial charge in [-0.1, -0.05) is 30.3 Å². The molecule has 2 atom stereocenters. The van der Waals surface area contributed by atoms with E-state index in [2.05, 4.69) is 56.5 Å². The molecule has 1 fully saturated rings. The van der Waals surface area contributed by atoms with Gasteiger partial charge in [-0.3, -0.25) is 9.89 Å². The van der Waals surface area contributed by atoms with Crippen LogP contribution < -0.4 is 20.1 Å². The van der Waals surface area contributed by atoms with Crippen molar-refractivity contribution in [3.8, 4) is 11.5 Å². The number of piperidine rings is 1. The summed E-state index contributed by atoms with van der Waals surface area (Å²) >= 11 is 0. The Morgan fingerprint density at radius 1 is 1.22 bits per heavy atom. The van der Waals surface area contributed by atoms with E-state index in [-0.39, 0.29) is 11.8 Å². The number of alkyl halides is 2. The smallest absolute Gasteiger partial charge is 0.387 e. The van der Waals surface area contributed by atoms with Crippen molar-refractivity contribution in [1.82, 2.24) is 15.5 Å². The van der Waals surface area contributed by atoms with Crippen LogP contribution in [0.4, 0.5) is 8.78 Å². The molecule has 3 rings (SSSR count). The van der Waals surface area contributed by atoms with Gasteiger partial charge in [0, 0.05) is 50.4 Å². The number of benzene rings is 2. The molecule has 1 heterocycles. The molecular weight excluding hydrogens is 414 g/mol. The van der Waals surface area contributed by atoms with Crippen molar-refractivity contribution in [3.63, 3.8) is 0 Å². The Bertz CT molecular complexity index is 880. The van der Waals surface area contributed by atoms with Gasteiger partial charge in [-0.25, -0.2) is 0 Å². The molecule has 32 heavy (non-hydrogen) atoms. The maximum Gasteiger partial charge on any atom is 0.387 e. The Labute approximate surface area is 188 Å². The average molecular weight is 447 g/mol. The third-order valence-corrected chi connectivity index (χ3v) is 5.74. The SMILES string of the molecule is CN=C(NCc1ccc(OC)cc1OC(F)F)NC1CCN(Cc2ccccc2)C(C)C1. The van der Waals surface area contributed by atoms with E-state index in [0.29, 0.717) is 29.9 Å². The second-order valence-corrected chi connectivity index (χ2v) is 7.95. The van der Waals surface area contributed by atoms with Crippen LogP contribution in [0.1, 0.15) is 30.9 Å².